The molecule has 0 saturated carbocycles. The molecule has 2 aromatic carbocycles. The molecule has 2 aromatic rings. The van der Waals surface area contributed by atoms with Crippen molar-refractivity contribution in [3.05, 3.63) is 56.8 Å². The number of fused-ring (bicyclic) bond motifs is 1. The Morgan fingerprint density at radius 3 is 2.66 bits per heavy atom. The number of amides is 1. The second-order valence-corrected chi connectivity index (χ2v) is 8.67. The number of aliphatic hydroxyl groups is 1. The van der Waals surface area contributed by atoms with Crippen LogP contribution in [0.2, 0.25) is 10.0 Å². The van der Waals surface area contributed by atoms with Gasteiger partial charge in [-0.15, -0.1) is 0 Å². The summed E-state index contributed by atoms with van der Waals surface area (Å²) in [5.41, 5.74) is 0.873. The van der Waals surface area contributed by atoms with Crippen LogP contribution in [0.4, 0.5) is 10.1 Å². The molecule has 0 saturated heterocycles. The average Bonchev–Trinajstić information content (AvgIpc) is 3.03. The Morgan fingerprint density at radius 1 is 1.41 bits per heavy atom. The van der Waals surface area contributed by atoms with Crippen LogP contribution in [0.1, 0.15) is 29.7 Å². The van der Waals surface area contributed by atoms with E-state index in [0.717, 1.165) is 4.58 Å². The number of ether oxygens (including phenoxy) is 1. The zero-order valence-electron chi connectivity index (χ0n) is 18.0. The van der Waals surface area contributed by atoms with Crippen molar-refractivity contribution in [1.29, 1.82) is 0 Å². The number of carbonyl (C=O) groups excluding carboxylic acids is 2. The summed E-state index contributed by atoms with van der Waals surface area (Å²) >= 11 is 12.7. The normalized spacial score (nSPS) is 18.3. The highest BCUT2D eigenvalue weighted by atomic mass is 35.5. The van der Waals surface area contributed by atoms with Gasteiger partial charge < -0.3 is 19.5 Å². The van der Waals surface area contributed by atoms with E-state index in [9.17, 15) is 19.1 Å². The number of aldehydes is 1. The summed E-state index contributed by atoms with van der Waals surface area (Å²) in [5.74, 6) is -0.674. The molecule has 1 unspecified atom stereocenters. The molecule has 0 fully saturated rings. The minimum Gasteiger partial charge on any atom is -0.495 e. The maximum absolute atomic E-state index is 14.7. The molecular weight excluding hydrogens is 458 g/mol. The van der Waals surface area contributed by atoms with E-state index in [4.69, 9.17) is 27.9 Å². The van der Waals surface area contributed by atoms with Gasteiger partial charge in [-0.25, -0.2) is 9.18 Å². The summed E-state index contributed by atoms with van der Waals surface area (Å²) in [6.45, 7) is 5.03. The molecule has 3 rings (SSSR count). The fourth-order valence-corrected chi connectivity index (χ4v) is 4.57. The third-order valence-electron chi connectivity index (χ3n) is 6.11. The molecule has 0 radical (unpaired) electrons. The number of halogens is 3. The maximum Gasteiger partial charge on any atom is 0.412 e. The molecule has 1 amide bonds. The summed E-state index contributed by atoms with van der Waals surface area (Å²) < 4.78 is 21.1. The quantitative estimate of drug-likeness (QED) is 0.371. The number of hydrogen-bond donors (Lipinski definition) is 1. The SMILES string of the molecule is C=[N+](C(=O)C1(C)Cc2c(cc(OC)c(Cl)c2Cl)N1C)[C@H](CO)c1ccc(CC=O)cc1F. The lowest BCUT2D eigenvalue weighted by Gasteiger charge is -2.30. The molecule has 1 aliphatic heterocycles. The summed E-state index contributed by atoms with van der Waals surface area (Å²) in [5, 5.41) is 10.5. The Morgan fingerprint density at radius 2 is 2.09 bits per heavy atom. The molecule has 0 spiro atoms. The van der Waals surface area contributed by atoms with Crippen LogP contribution in [0.5, 0.6) is 5.75 Å². The van der Waals surface area contributed by atoms with Gasteiger partial charge in [0.15, 0.2) is 5.54 Å². The summed E-state index contributed by atoms with van der Waals surface area (Å²) in [6, 6.07) is 4.96. The molecule has 1 aliphatic rings. The van der Waals surface area contributed by atoms with E-state index < -0.39 is 29.9 Å². The predicted molar refractivity (Wildman–Crippen MR) is 122 cm³/mol. The lowest BCUT2D eigenvalue weighted by molar-refractivity contribution is -0.495. The highest BCUT2D eigenvalue weighted by molar-refractivity contribution is 6.43. The second-order valence-electron chi connectivity index (χ2n) is 7.91. The van der Waals surface area contributed by atoms with Crippen molar-refractivity contribution < 1.29 is 28.4 Å². The van der Waals surface area contributed by atoms with Gasteiger partial charge >= 0.3 is 5.91 Å². The summed E-state index contributed by atoms with van der Waals surface area (Å²) in [7, 11) is 3.21. The van der Waals surface area contributed by atoms with Crippen LogP contribution in [0.15, 0.2) is 24.3 Å². The van der Waals surface area contributed by atoms with E-state index in [0.29, 0.717) is 33.9 Å². The van der Waals surface area contributed by atoms with Gasteiger partial charge in [0.25, 0.3) is 0 Å². The molecule has 9 heteroatoms. The molecule has 2 atom stereocenters. The molecule has 32 heavy (non-hydrogen) atoms. The third-order valence-corrected chi connectivity index (χ3v) is 7.00. The predicted octanol–water partition coefficient (Wildman–Crippen LogP) is 3.61. The lowest BCUT2D eigenvalue weighted by Crippen LogP contribution is -2.53. The van der Waals surface area contributed by atoms with Crippen LogP contribution in [-0.4, -0.2) is 54.9 Å². The Kier molecular flexibility index (Phi) is 6.93. The number of anilines is 1. The van der Waals surface area contributed by atoms with E-state index in [-0.39, 0.29) is 23.4 Å². The summed E-state index contributed by atoms with van der Waals surface area (Å²) in [4.78, 5) is 26.0. The van der Waals surface area contributed by atoms with E-state index >= 15 is 0 Å². The van der Waals surface area contributed by atoms with Crippen molar-refractivity contribution in [3.8, 4) is 5.75 Å². The number of likely N-dealkylation sites (N-methyl/N-ethyl adjacent to an activating group) is 1. The van der Waals surface area contributed by atoms with Crippen LogP contribution in [0.3, 0.4) is 0 Å². The first-order valence-electron chi connectivity index (χ1n) is 9.86. The molecule has 6 nitrogen and oxygen atoms in total. The van der Waals surface area contributed by atoms with Crippen LogP contribution >= 0.6 is 23.2 Å². The maximum atomic E-state index is 14.7. The number of carbonyl (C=O) groups is 2. The van der Waals surface area contributed by atoms with Gasteiger partial charge in [0, 0.05) is 31.6 Å². The van der Waals surface area contributed by atoms with Gasteiger partial charge in [-0.1, -0.05) is 29.3 Å². The Balaban J connectivity index is 1.96. The third kappa shape index (κ3) is 3.89. The number of methoxy groups -OCH3 is 1. The van der Waals surface area contributed by atoms with E-state index in [1.54, 1.807) is 31.0 Å². The standard InChI is InChI=1S/C23H24Cl2FN2O4/c1-23(11-15-17(28(23)3)10-19(32-4)21(25)20(15)24)22(31)27(2)18(12-30)14-6-5-13(7-8-29)9-16(14)26/h5-6,8-10,18,30H,2,7,11-12H2,1,3-4H3/q+1/t18-,23?/m1/s1. The smallest absolute Gasteiger partial charge is 0.412 e. The van der Waals surface area contributed by atoms with Crippen molar-refractivity contribution in [2.45, 2.75) is 31.3 Å². The van der Waals surface area contributed by atoms with Gasteiger partial charge in [0.2, 0.25) is 6.04 Å². The Bertz CT molecular complexity index is 1110. The Labute approximate surface area is 195 Å². The number of hydrogen-bond acceptors (Lipinski definition) is 5. The summed E-state index contributed by atoms with van der Waals surface area (Å²) in [6.07, 6.45) is 0.989. The van der Waals surface area contributed by atoms with Crippen molar-refractivity contribution >= 4 is 47.8 Å². The van der Waals surface area contributed by atoms with Crippen molar-refractivity contribution in [2.75, 3.05) is 25.7 Å². The van der Waals surface area contributed by atoms with Crippen molar-refractivity contribution in [3.63, 3.8) is 0 Å². The molecule has 1 N–H and O–H groups in total. The van der Waals surface area contributed by atoms with Gasteiger partial charge in [-0.05, 0) is 30.2 Å². The lowest BCUT2D eigenvalue weighted by atomic mass is 9.93. The number of nitrogens with zero attached hydrogens (tertiary/aromatic N) is 2. The van der Waals surface area contributed by atoms with Crippen LogP contribution in [0, 0.1) is 5.82 Å². The first kappa shape index (κ1) is 24.2. The topological polar surface area (TPSA) is 69.8 Å². The molecular formula is C23H24Cl2FN2O4+. The molecule has 1 heterocycles. The highest BCUT2D eigenvalue weighted by Gasteiger charge is 2.52. The molecule has 0 aromatic heterocycles. The van der Waals surface area contributed by atoms with E-state index in [1.165, 1.54) is 19.2 Å². The van der Waals surface area contributed by atoms with Crippen LogP contribution < -0.4 is 9.64 Å². The van der Waals surface area contributed by atoms with E-state index in [1.807, 2.05) is 0 Å². The minimum atomic E-state index is -1.11. The molecule has 0 bridgehead atoms. The van der Waals surface area contributed by atoms with Crippen molar-refractivity contribution in [1.82, 2.24) is 0 Å². The molecule has 0 aliphatic carbocycles. The van der Waals surface area contributed by atoms with Gasteiger partial charge in [-0.3, -0.25) is 0 Å². The van der Waals surface area contributed by atoms with Gasteiger partial charge in [0.05, 0.1) is 17.7 Å². The van der Waals surface area contributed by atoms with Crippen molar-refractivity contribution in [2.24, 2.45) is 0 Å². The van der Waals surface area contributed by atoms with E-state index in [2.05, 4.69) is 6.72 Å². The number of rotatable bonds is 7. The fraction of sp³-hybridized carbons (Fsp3) is 0.348. The van der Waals surface area contributed by atoms with Crippen LogP contribution in [-0.2, 0) is 22.4 Å². The van der Waals surface area contributed by atoms with Gasteiger partial charge in [-0.2, -0.15) is 4.58 Å². The first-order valence-corrected chi connectivity index (χ1v) is 10.6. The largest absolute Gasteiger partial charge is 0.495 e. The zero-order valence-corrected chi connectivity index (χ0v) is 19.5. The number of benzene rings is 2. The monoisotopic (exact) mass is 481 g/mol. The highest BCUT2D eigenvalue weighted by Crippen LogP contribution is 2.48. The fourth-order valence-electron chi connectivity index (χ4n) is 4.07. The average molecular weight is 482 g/mol. The number of aliphatic hydroxyl groups excluding tert-OH is 1. The van der Waals surface area contributed by atoms with Gasteiger partial charge in [0.1, 0.15) is 36.2 Å². The second kappa shape index (κ2) is 9.17. The Hall–Kier alpha value is -2.48. The molecule has 170 valence electrons. The first-order chi connectivity index (χ1) is 15.1. The van der Waals surface area contributed by atoms with Crippen LogP contribution in [0.25, 0.3) is 0 Å². The minimum absolute atomic E-state index is 0.0713. The zero-order chi connectivity index (χ0) is 23.8.